The summed E-state index contributed by atoms with van der Waals surface area (Å²) in [6.45, 7) is 2.88. The zero-order valence-electron chi connectivity index (χ0n) is 18.0. The maximum absolute atomic E-state index is 13.1. The number of halogens is 1. The molecule has 2 aromatic carbocycles. The van der Waals surface area contributed by atoms with Gasteiger partial charge in [-0.3, -0.25) is 9.59 Å². The molecule has 168 valence electrons. The van der Waals surface area contributed by atoms with Gasteiger partial charge in [-0.25, -0.2) is 9.37 Å². The van der Waals surface area contributed by atoms with Crippen LogP contribution in [0.2, 0.25) is 0 Å². The van der Waals surface area contributed by atoms with E-state index in [1.54, 1.807) is 41.7 Å². The molecule has 1 aliphatic heterocycles. The number of thiazole rings is 1. The number of thiophene rings is 1. The number of rotatable bonds is 6. The molecule has 0 atom stereocenters. The number of amides is 1. The molecule has 1 aliphatic rings. The molecule has 0 unspecified atom stereocenters. The van der Waals surface area contributed by atoms with Crippen molar-refractivity contribution in [2.45, 2.75) is 31.2 Å². The SMILES string of the molecule is CC(=O)N1CCc2c(sc(CC(=O)CSc3ccc(F)cc3)c2-c2nc3ccccc3s2)C1. The number of carbonyl (C=O) groups excluding carboxylic acids is 2. The molecule has 0 bridgehead atoms. The van der Waals surface area contributed by atoms with E-state index in [0.29, 0.717) is 25.3 Å². The van der Waals surface area contributed by atoms with E-state index in [0.717, 1.165) is 41.9 Å². The third-order valence-electron chi connectivity index (χ3n) is 5.65. The van der Waals surface area contributed by atoms with Crippen LogP contribution in [0.15, 0.2) is 53.4 Å². The first-order valence-corrected chi connectivity index (χ1v) is 13.2. The summed E-state index contributed by atoms with van der Waals surface area (Å²) in [6, 6.07) is 14.3. The van der Waals surface area contributed by atoms with Crippen LogP contribution in [0.1, 0.15) is 22.2 Å². The van der Waals surface area contributed by atoms with Crippen LogP contribution < -0.4 is 0 Å². The van der Waals surface area contributed by atoms with Crippen LogP contribution in [-0.4, -0.2) is 33.9 Å². The van der Waals surface area contributed by atoms with Crippen LogP contribution in [0, 0.1) is 5.82 Å². The van der Waals surface area contributed by atoms with Crippen LogP contribution in [0.4, 0.5) is 4.39 Å². The second-order valence-electron chi connectivity index (χ2n) is 7.94. The Bertz CT molecular complexity index is 1310. The molecule has 2 aromatic heterocycles. The Hall–Kier alpha value is -2.55. The minimum atomic E-state index is -0.282. The van der Waals surface area contributed by atoms with Crippen LogP contribution in [0.3, 0.4) is 0 Å². The van der Waals surface area contributed by atoms with E-state index in [2.05, 4.69) is 6.07 Å². The molecule has 4 aromatic rings. The molecule has 4 nitrogen and oxygen atoms in total. The summed E-state index contributed by atoms with van der Waals surface area (Å²) in [5.74, 6) is 0.236. The predicted molar refractivity (Wildman–Crippen MR) is 134 cm³/mol. The molecule has 0 aliphatic carbocycles. The Morgan fingerprint density at radius 1 is 1.12 bits per heavy atom. The summed E-state index contributed by atoms with van der Waals surface area (Å²) in [5, 5.41) is 0.943. The number of thioether (sulfide) groups is 1. The van der Waals surface area contributed by atoms with Crippen molar-refractivity contribution in [1.29, 1.82) is 0 Å². The lowest BCUT2D eigenvalue weighted by Crippen LogP contribution is -2.33. The average Bonchev–Trinajstić information content (AvgIpc) is 3.38. The fourth-order valence-electron chi connectivity index (χ4n) is 4.01. The van der Waals surface area contributed by atoms with Gasteiger partial charge in [0.2, 0.25) is 5.91 Å². The molecule has 0 fully saturated rings. The Kier molecular flexibility index (Phi) is 6.32. The maximum Gasteiger partial charge on any atom is 0.219 e. The minimum Gasteiger partial charge on any atom is -0.337 e. The largest absolute Gasteiger partial charge is 0.337 e. The van der Waals surface area contributed by atoms with Gasteiger partial charge in [-0.05, 0) is 48.4 Å². The van der Waals surface area contributed by atoms with Gasteiger partial charge in [0, 0.05) is 40.1 Å². The van der Waals surface area contributed by atoms with Crippen molar-refractivity contribution in [2.75, 3.05) is 12.3 Å². The highest BCUT2D eigenvalue weighted by Gasteiger charge is 2.28. The van der Waals surface area contributed by atoms with Gasteiger partial charge in [-0.1, -0.05) is 12.1 Å². The number of hydrogen-bond donors (Lipinski definition) is 0. The number of nitrogens with zero attached hydrogens (tertiary/aromatic N) is 2. The normalized spacial score (nSPS) is 13.3. The summed E-state index contributed by atoms with van der Waals surface area (Å²) >= 11 is 4.71. The summed E-state index contributed by atoms with van der Waals surface area (Å²) in [6.07, 6.45) is 1.10. The van der Waals surface area contributed by atoms with Crippen molar-refractivity contribution in [3.8, 4) is 10.6 Å². The Balaban J connectivity index is 1.44. The van der Waals surface area contributed by atoms with Gasteiger partial charge < -0.3 is 4.90 Å². The van der Waals surface area contributed by atoms with Crippen LogP contribution in [0.5, 0.6) is 0 Å². The van der Waals surface area contributed by atoms with Crippen molar-refractivity contribution in [3.63, 3.8) is 0 Å². The van der Waals surface area contributed by atoms with Crippen molar-refractivity contribution in [1.82, 2.24) is 9.88 Å². The van der Waals surface area contributed by atoms with Gasteiger partial charge in [0.25, 0.3) is 0 Å². The van der Waals surface area contributed by atoms with Gasteiger partial charge >= 0.3 is 0 Å². The lowest BCUT2D eigenvalue weighted by molar-refractivity contribution is -0.129. The molecule has 0 saturated carbocycles. The van der Waals surface area contributed by atoms with Crippen LogP contribution >= 0.6 is 34.4 Å². The van der Waals surface area contributed by atoms with Crippen molar-refractivity contribution >= 4 is 56.3 Å². The molecule has 0 saturated heterocycles. The number of Topliss-reactive ketones (excluding diaryl/α,β-unsaturated/α-hetero) is 1. The lowest BCUT2D eigenvalue weighted by atomic mass is 10.0. The summed E-state index contributed by atoms with van der Waals surface area (Å²) in [4.78, 5) is 34.7. The van der Waals surface area contributed by atoms with E-state index in [-0.39, 0.29) is 17.5 Å². The molecule has 3 heterocycles. The zero-order chi connectivity index (χ0) is 22.9. The quantitative estimate of drug-likeness (QED) is 0.309. The second kappa shape index (κ2) is 9.37. The number of carbonyl (C=O) groups is 2. The predicted octanol–water partition coefficient (Wildman–Crippen LogP) is 5.97. The van der Waals surface area contributed by atoms with E-state index < -0.39 is 0 Å². The topological polar surface area (TPSA) is 50.3 Å². The molecule has 0 radical (unpaired) electrons. The van der Waals surface area contributed by atoms with E-state index >= 15 is 0 Å². The van der Waals surface area contributed by atoms with Crippen LogP contribution in [0.25, 0.3) is 20.8 Å². The Labute approximate surface area is 203 Å². The van der Waals surface area contributed by atoms with Crippen molar-refractivity contribution in [3.05, 3.63) is 69.7 Å². The molecular weight excluding hydrogens is 475 g/mol. The second-order valence-corrected chi connectivity index (χ2v) is 11.2. The molecule has 8 heteroatoms. The fraction of sp³-hybridized carbons (Fsp3) is 0.240. The monoisotopic (exact) mass is 496 g/mol. The third kappa shape index (κ3) is 4.74. The molecule has 5 rings (SSSR count). The van der Waals surface area contributed by atoms with Crippen molar-refractivity contribution < 1.29 is 14.0 Å². The maximum atomic E-state index is 13.1. The number of para-hydroxylation sites is 1. The number of hydrogen-bond acceptors (Lipinski definition) is 6. The lowest BCUT2D eigenvalue weighted by Gasteiger charge is -2.26. The van der Waals surface area contributed by atoms with Crippen molar-refractivity contribution in [2.24, 2.45) is 0 Å². The first-order chi connectivity index (χ1) is 16.0. The highest BCUT2D eigenvalue weighted by atomic mass is 32.2. The van der Waals surface area contributed by atoms with E-state index in [9.17, 15) is 14.0 Å². The smallest absolute Gasteiger partial charge is 0.219 e. The fourth-order valence-corrected chi connectivity index (χ4v) is 7.29. The van der Waals surface area contributed by atoms with E-state index in [1.807, 2.05) is 23.1 Å². The van der Waals surface area contributed by atoms with Gasteiger partial charge in [0.05, 0.1) is 22.5 Å². The first kappa shape index (κ1) is 22.3. The number of benzene rings is 2. The average molecular weight is 497 g/mol. The highest BCUT2D eigenvalue weighted by Crippen LogP contribution is 2.43. The van der Waals surface area contributed by atoms with Gasteiger partial charge in [-0.2, -0.15) is 0 Å². The van der Waals surface area contributed by atoms with Gasteiger partial charge in [0.15, 0.2) is 0 Å². The summed E-state index contributed by atoms with van der Waals surface area (Å²) in [5.41, 5.74) is 3.27. The van der Waals surface area contributed by atoms with E-state index in [4.69, 9.17) is 4.98 Å². The zero-order valence-corrected chi connectivity index (χ0v) is 20.4. The summed E-state index contributed by atoms with van der Waals surface area (Å²) in [7, 11) is 0. The molecule has 1 amide bonds. The Morgan fingerprint density at radius 3 is 2.67 bits per heavy atom. The third-order valence-corrected chi connectivity index (χ3v) is 9.00. The van der Waals surface area contributed by atoms with E-state index in [1.165, 1.54) is 29.5 Å². The minimum absolute atomic E-state index is 0.0731. The highest BCUT2D eigenvalue weighted by molar-refractivity contribution is 8.00. The molecule has 0 spiro atoms. The molecule has 0 N–H and O–H groups in total. The molecular formula is C25H21FN2O2S3. The number of fused-ring (bicyclic) bond motifs is 2. The Morgan fingerprint density at radius 2 is 1.91 bits per heavy atom. The standard InChI is InChI=1S/C25H21FN2O2S3/c1-15(29)28-11-10-19-23(13-28)32-22(12-17(30)14-31-18-8-6-16(26)7-9-18)24(19)25-27-20-4-2-3-5-21(20)33-25/h2-9H,10-14H2,1H3. The van der Waals surface area contributed by atoms with Gasteiger partial charge in [0.1, 0.15) is 16.6 Å². The number of aromatic nitrogens is 1. The van der Waals surface area contributed by atoms with Gasteiger partial charge in [-0.15, -0.1) is 34.4 Å². The molecule has 33 heavy (non-hydrogen) atoms. The summed E-state index contributed by atoms with van der Waals surface area (Å²) < 4.78 is 14.3. The van der Waals surface area contributed by atoms with Crippen LogP contribution in [-0.2, 0) is 29.0 Å². The number of ketones is 1. The first-order valence-electron chi connectivity index (χ1n) is 10.6.